The third-order valence-corrected chi connectivity index (χ3v) is 6.61. The summed E-state index contributed by atoms with van der Waals surface area (Å²) in [6.45, 7) is 3.34. The minimum Gasteiger partial charge on any atom is -0.408 e. The van der Waals surface area contributed by atoms with Crippen LogP contribution in [0.2, 0.25) is 0 Å². The van der Waals surface area contributed by atoms with Gasteiger partial charge < -0.3 is 14.6 Å². The summed E-state index contributed by atoms with van der Waals surface area (Å²) in [7, 11) is 8.69. The molecule has 0 N–H and O–H groups in total. The minimum atomic E-state index is 0.164. The summed E-state index contributed by atoms with van der Waals surface area (Å²) >= 11 is 0. The molecule has 1 aliphatic heterocycles. The van der Waals surface area contributed by atoms with Gasteiger partial charge in [-0.25, -0.2) is 0 Å². The molecule has 0 aliphatic carbocycles. The van der Waals surface area contributed by atoms with Crippen molar-refractivity contribution < 1.29 is 0 Å². The second-order valence-electron chi connectivity index (χ2n) is 8.55. The van der Waals surface area contributed by atoms with Crippen molar-refractivity contribution in [3.05, 3.63) is 72.5 Å². The van der Waals surface area contributed by atoms with Gasteiger partial charge >= 0.3 is 6.85 Å². The standard InChI is InChI=1S/C26H28BN3/c1-6-29(4)17-24(28(2)3)27-22-15-9-13-20-18-11-7-8-12-19(18)21-14-10-16-23(30(27)5)26(21)25(20)22/h7-17H,6H2,1-5H3/b24-17-. The van der Waals surface area contributed by atoms with Crippen molar-refractivity contribution >= 4 is 50.3 Å². The van der Waals surface area contributed by atoms with Crippen molar-refractivity contribution in [2.45, 2.75) is 6.92 Å². The van der Waals surface area contributed by atoms with Crippen LogP contribution in [0.15, 0.2) is 72.5 Å². The molecular weight excluding hydrogens is 365 g/mol. The van der Waals surface area contributed by atoms with Crippen molar-refractivity contribution in [3.8, 4) is 0 Å². The van der Waals surface area contributed by atoms with Gasteiger partial charge in [-0.3, -0.25) is 0 Å². The summed E-state index contributed by atoms with van der Waals surface area (Å²) in [5, 5.41) is 8.14. The molecule has 1 heterocycles. The number of nitrogens with zero attached hydrogens (tertiary/aromatic N) is 3. The van der Waals surface area contributed by atoms with Crippen molar-refractivity contribution in [2.75, 3.05) is 39.5 Å². The zero-order valence-electron chi connectivity index (χ0n) is 18.5. The summed E-state index contributed by atoms with van der Waals surface area (Å²) in [6.07, 6.45) is 2.30. The second-order valence-corrected chi connectivity index (χ2v) is 8.55. The lowest BCUT2D eigenvalue weighted by Crippen LogP contribution is -2.53. The van der Waals surface area contributed by atoms with Crippen LogP contribution in [0.5, 0.6) is 0 Å². The van der Waals surface area contributed by atoms with E-state index in [1.54, 1.807) is 0 Å². The Labute approximate surface area is 179 Å². The predicted molar refractivity (Wildman–Crippen MR) is 133 cm³/mol. The molecule has 4 aromatic carbocycles. The molecule has 0 saturated heterocycles. The monoisotopic (exact) mass is 393 g/mol. The lowest BCUT2D eigenvalue weighted by atomic mass is 9.48. The first-order chi connectivity index (χ1) is 14.5. The van der Waals surface area contributed by atoms with Gasteiger partial charge in [-0.05, 0) is 52.4 Å². The topological polar surface area (TPSA) is 9.72 Å². The van der Waals surface area contributed by atoms with E-state index >= 15 is 0 Å². The Morgan fingerprint density at radius 3 is 2.07 bits per heavy atom. The van der Waals surface area contributed by atoms with E-state index in [1.165, 1.54) is 49.1 Å². The summed E-state index contributed by atoms with van der Waals surface area (Å²) in [5.74, 6) is 0. The van der Waals surface area contributed by atoms with Crippen LogP contribution in [0.4, 0.5) is 5.69 Å². The van der Waals surface area contributed by atoms with Crippen LogP contribution in [0.25, 0.3) is 32.3 Å². The Morgan fingerprint density at radius 1 is 0.833 bits per heavy atom. The average Bonchev–Trinajstić information content (AvgIpc) is 2.77. The van der Waals surface area contributed by atoms with Crippen molar-refractivity contribution in [2.24, 2.45) is 0 Å². The van der Waals surface area contributed by atoms with Gasteiger partial charge in [-0.2, -0.15) is 0 Å². The van der Waals surface area contributed by atoms with Gasteiger partial charge in [-0.15, -0.1) is 0 Å². The highest BCUT2D eigenvalue weighted by Gasteiger charge is 2.36. The van der Waals surface area contributed by atoms with Gasteiger partial charge in [0.25, 0.3) is 0 Å². The number of hydrogen-bond acceptors (Lipinski definition) is 3. The Balaban J connectivity index is 1.94. The maximum absolute atomic E-state index is 2.45. The number of benzene rings is 4. The number of fused-ring (bicyclic) bond motifs is 3. The molecule has 3 nitrogen and oxygen atoms in total. The molecule has 0 radical (unpaired) electrons. The molecule has 0 saturated carbocycles. The van der Waals surface area contributed by atoms with Crippen LogP contribution in [0.1, 0.15) is 6.92 Å². The average molecular weight is 393 g/mol. The van der Waals surface area contributed by atoms with Crippen LogP contribution in [0, 0.1) is 0 Å². The molecule has 4 aromatic rings. The molecule has 1 aliphatic rings. The van der Waals surface area contributed by atoms with E-state index < -0.39 is 0 Å². The summed E-state index contributed by atoms with van der Waals surface area (Å²) in [4.78, 5) is 6.98. The van der Waals surface area contributed by atoms with E-state index in [4.69, 9.17) is 0 Å². The van der Waals surface area contributed by atoms with Gasteiger partial charge in [0, 0.05) is 50.6 Å². The fraction of sp³-hybridized carbons (Fsp3) is 0.231. The molecule has 0 amide bonds. The quantitative estimate of drug-likeness (QED) is 0.368. The van der Waals surface area contributed by atoms with Crippen LogP contribution < -0.4 is 10.3 Å². The van der Waals surface area contributed by atoms with E-state index in [0.717, 1.165) is 6.54 Å². The molecule has 0 aromatic heterocycles. The molecule has 0 unspecified atom stereocenters. The van der Waals surface area contributed by atoms with Gasteiger partial charge in [0.15, 0.2) is 0 Å². The molecule has 30 heavy (non-hydrogen) atoms. The lowest BCUT2D eigenvalue weighted by Gasteiger charge is -2.38. The summed E-state index contributed by atoms with van der Waals surface area (Å²) in [6, 6.07) is 22.4. The normalized spacial score (nSPS) is 13.7. The number of hydrogen-bond donors (Lipinski definition) is 0. The maximum Gasteiger partial charge on any atom is 0.342 e. The molecule has 4 heteroatoms. The molecule has 0 bridgehead atoms. The van der Waals surface area contributed by atoms with Gasteiger partial charge in [0.2, 0.25) is 0 Å². The highest BCUT2D eigenvalue weighted by Crippen LogP contribution is 2.42. The van der Waals surface area contributed by atoms with Crippen LogP contribution in [-0.4, -0.2) is 51.4 Å². The highest BCUT2D eigenvalue weighted by molar-refractivity contribution is 6.86. The van der Waals surface area contributed by atoms with Crippen LogP contribution >= 0.6 is 0 Å². The zero-order valence-corrected chi connectivity index (χ0v) is 18.5. The fourth-order valence-electron chi connectivity index (χ4n) is 5.03. The summed E-state index contributed by atoms with van der Waals surface area (Å²) < 4.78 is 0. The molecule has 150 valence electrons. The molecule has 0 spiro atoms. The Hall–Kier alpha value is -3.14. The fourth-order valence-corrected chi connectivity index (χ4v) is 5.03. The highest BCUT2D eigenvalue weighted by atomic mass is 15.2. The van der Waals surface area contributed by atoms with E-state index in [9.17, 15) is 0 Å². The molecule has 0 fully saturated rings. The van der Waals surface area contributed by atoms with Crippen LogP contribution in [0.3, 0.4) is 0 Å². The third-order valence-electron chi connectivity index (χ3n) is 6.61. The Bertz CT molecular complexity index is 1310. The smallest absolute Gasteiger partial charge is 0.342 e. The zero-order chi connectivity index (χ0) is 21.0. The Morgan fingerprint density at radius 2 is 1.43 bits per heavy atom. The SMILES string of the molecule is CCN(C)/C=C(/B1c2cccc3c4ccccc4c4cccc(c4c23)N1C)N(C)C. The van der Waals surface area contributed by atoms with E-state index in [1.807, 2.05) is 0 Å². The van der Waals surface area contributed by atoms with Crippen molar-refractivity contribution in [1.82, 2.24) is 9.80 Å². The molecule has 5 rings (SSSR count). The van der Waals surface area contributed by atoms with Gasteiger partial charge in [0.1, 0.15) is 0 Å². The first kappa shape index (κ1) is 18.9. The lowest BCUT2D eigenvalue weighted by molar-refractivity contribution is 0.454. The Kier molecular flexibility index (Phi) is 4.39. The minimum absolute atomic E-state index is 0.164. The van der Waals surface area contributed by atoms with E-state index in [2.05, 4.69) is 117 Å². The molecule has 0 atom stereocenters. The summed E-state index contributed by atoms with van der Waals surface area (Å²) in [5.41, 5.74) is 3.98. The maximum atomic E-state index is 2.45. The number of rotatable bonds is 4. The van der Waals surface area contributed by atoms with E-state index in [-0.39, 0.29) is 6.85 Å². The van der Waals surface area contributed by atoms with Crippen LogP contribution in [-0.2, 0) is 0 Å². The van der Waals surface area contributed by atoms with Crippen molar-refractivity contribution in [3.63, 3.8) is 0 Å². The van der Waals surface area contributed by atoms with E-state index in [0.29, 0.717) is 0 Å². The first-order valence-electron chi connectivity index (χ1n) is 10.7. The first-order valence-corrected chi connectivity index (χ1v) is 10.7. The molecular formula is C26H28BN3. The third kappa shape index (κ3) is 2.60. The van der Waals surface area contributed by atoms with Crippen molar-refractivity contribution in [1.29, 1.82) is 0 Å². The number of anilines is 1. The predicted octanol–water partition coefficient (Wildman–Crippen LogP) is 4.69. The van der Waals surface area contributed by atoms with Gasteiger partial charge in [-0.1, -0.05) is 54.6 Å². The largest absolute Gasteiger partial charge is 0.408 e. The van der Waals surface area contributed by atoms with Gasteiger partial charge in [0.05, 0.1) is 0 Å². The second kappa shape index (κ2) is 6.98.